The smallest absolute Gasteiger partial charge is 0.246 e. The molecule has 0 N–H and O–H groups in total. The lowest BCUT2D eigenvalue weighted by Gasteiger charge is -2.26. The Morgan fingerprint density at radius 2 is 2.08 bits per heavy atom. The second kappa shape index (κ2) is 6.87. The van der Waals surface area contributed by atoms with E-state index in [-0.39, 0.29) is 35.8 Å². The van der Waals surface area contributed by atoms with Crippen LogP contribution < -0.4 is 0 Å². The number of likely N-dealkylation sites (N-methyl/N-ethyl adjacent to an activating group) is 1. The molecule has 1 fully saturated rings. The number of tetrazole rings is 1. The number of hydrogen-bond donors (Lipinski definition) is 0. The van der Waals surface area contributed by atoms with Gasteiger partial charge in [0.05, 0.1) is 11.5 Å². The van der Waals surface area contributed by atoms with Gasteiger partial charge in [-0.3, -0.25) is 4.79 Å². The van der Waals surface area contributed by atoms with E-state index in [2.05, 4.69) is 15.4 Å². The van der Waals surface area contributed by atoms with Crippen LogP contribution in [-0.2, 0) is 21.2 Å². The van der Waals surface area contributed by atoms with Gasteiger partial charge in [-0.05, 0) is 42.8 Å². The summed E-state index contributed by atoms with van der Waals surface area (Å²) in [6.07, 6.45) is 0.452. The predicted octanol–water partition coefficient (Wildman–Crippen LogP) is 0.515. The molecule has 8 nitrogen and oxygen atoms in total. The van der Waals surface area contributed by atoms with Crippen LogP contribution in [0.1, 0.15) is 13.3 Å². The molecule has 0 spiro atoms. The zero-order chi connectivity index (χ0) is 18.0. The van der Waals surface area contributed by atoms with Crippen LogP contribution in [0.3, 0.4) is 0 Å². The molecule has 1 saturated heterocycles. The molecule has 0 unspecified atom stereocenters. The summed E-state index contributed by atoms with van der Waals surface area (Å²) in [6.45, 7) is 2.10. The summed E-state index contributed by atoms with van der Waals surface area (Å²) in [7, 11) is -3.07. The number of nitrogens with zero attached hydrogens (tertiary/aromatic N) is 5. The van der Waals surface area contributed by atoms with Gasteiger partial charge < -0.3 is 4.90 Å². The minimum Gasteiger partial charge on any atom is -0.337 e. The van der Waals surface area contributed by atoms with Crippen molar-refractivity contribution in [3.63, 3.8) is 0 Å². The maximum absolute atomic E-state index is 13.0. The van der Waals surface area contributed by atoms with Crippen molar-refractivity contribution < 1.29 is 17.6 Å². The second-order valence-corrected chi connectivity index (χ2v) is 8.12. The maximum atomic E-state index is 13.0. The Balaban J connectivity index is 1.69. The summed E-state index contributed by atoms with van der Waals surface area (Å²) in [5.74, 6) is -0.223. The van der Waals surface area contributed by atoms with Crippen LogP contribution in [0.2, 0.25) is 0 Å². The topological polar surface area (TPSA) is 98.1 Å². The molecule has 1 aromatic heterocycles. The summed E-state index contributed by atoms with van der Waals surface area (Å²) in [5.41, 5.74) is 0.592. The maximum Gasteiger partial charge on any atom is 0.246 e. The first-order valence-electron chi connectivity index (χ1n) is 7.91. The molecule has 134 valence electrons. The minimum atomic E-state index is -3.07. The van der Waals surface area contributed by atoms with Crippen molar-refractivity contribution >= 4 is 15.7 Å². The fraction of sp³-hybridized carbons (Fsp3) is 0.467. The Morgan fingerprint density at radius 3 is 2.68 bits per heavy atom. The highest BCUT2D eigenvalue weighted by molar-refractivity contribution is 7.91. The van der Waals surface area contributed by atoms with Crippen LogP contribution in [0.5, 0.6) is 0 Å². The van der Waals surface area contributed by atoms with Crippen molar-refractivity contribution in [2.75, 3.05) is 18.1 Å². The third-order valence-electron chi connectivity index (χ3n) is 4.14. The highest BCUT2D eigenvalue weighted by Gasteiger charge is 2.34. The SMILES string of the molecule is CCN(C(=O)Cn1nnc(-c2ccc(F)cc2)n1)[C@@H]1CCS(=O)(=O)C1. The van der Waals surface area contributed by atoms with E-state index in [9.17, 15) is 17.6 Å². The summed E-state index contributed by atoms with van der Waals surface area (Å²) >= 11 is 0. The van der Waals surface area contributed by atoms with E-state index >= 15 is 0 Å². The number of hydrogen-bond acceptors (Lipinski definition) is 6. The van der Waals surface area contributed by atoms with Crippen molar-refractivity contribution in [2.45, 2.75) is 25.9 Å². The highest BCUT2D eigenvalue weighted by atomic mass is 32.2. The Labute approximate surface area is 144 Å². The zero-order valence-electron chi connectivity index (χ0n) is 13.7. The van der Waals surface area contributed by atoms with E-state index in [1.165, 1.54) is 24.3 Å². The van der Waals surface area contributed by atoms with E-state index < -0.39 is 9.84 Å². The fourth-order valence-electron chi connectivity index (χ4n) is 2.90. The normalized spacial score (nSPS) is 19.0. The quantitative estimate of drug-likeness (QED) is 0.764. The van der Waals surface area contributed by atoms with Crippen molar-refractivity contribution in [1.29, 1.82) is 0 Å². The molecular weight excluding hydrogens is 349 g/mol. The van der Waals surface area contributed by atoms with E-state index in [0.717, 1.165) is 4.80 Å². The molecule has 0 saturated carbocycles. The number of amides is 1. The van der Waals surface area contributed by atoms with Crippen LogP contribution in [0, 0.1) is 5.82 Å². The van der Waals surface area contributed by atoms with Crippen molar-refractivity contribution in [1.82, 2.24) is 25.1 Å². The first-order chi connectivity index (χ1) is 11.9. The molecule has 1 atom stereocenters. The first kappa shape index (κ1) is 17.5. The molecule has 1 aromatic carbocycles. The van der Waals surface area contributed by atoms with Crippen LogP contribution in [-0.4, -0.2) is 63.5 Å². The monoisotopic (exact) mass is 367 g/mol. The number of aromatic nitrogens is 4. The standard InChI is InChI=1S/C15H18FN5O3S/c1-2-20(13-7-8-25(23,24)10-13)14(22)9-21-18-15(17-19-21)11-3-5-12(16)6-4-11/h3-6,13H,2,7-10H2,1H3/t13-/m1/s1. The molecule has 0 aliphatic carbocycles. The number of rotatable bonds is 5. The Morgan fingerprint density at radius 1 is 1.36 bits per heavy atom. The summed E-state index contributed by atoms with van der Waals surface area (Å²) < 4.78 is 36.2. The van der Waals surface area contributed by atoms with Gasteiger partial charge in [0.25, 0.3) is 0 Å². The number of carbonyl (C=O) groups excluding carboxylic acids is 1. The van der Waals surface area contributed by atoms with Gasteiger partial charge in [0, 0.05) is 18.2 Å². The van der Waals surface area contributed by atoms with E-state index in [4.69, 9.17) is 0 Å². The van der Waals surface area contributed by atoms with E-state index in [0.29, 0.717) is 24.4 Å². The lowest BCUT2D eigenvalue weighted by Crippen LogP contribution is -2.42. The van der Waals surface area contributed by atoms with Crippen molar-refractivity contribution in [3.05, 3.63) is 30.1 Å². The van der Waals surface area contributed by atoms with Gasteiger partial charge in [-0.15, -0.1) is 10.2 Å². The molecule has 1 amide bonds. The highest BCUT2D eigenvalue weighted by Crippen LogP contribution is 2.18. The molecule has 0 radical (unpaired) electrons. The molecule has 2 aromatic rings. The van der Waals surface area contributed by atoms with Crippen LogP contribution in [0.25, 0.3) is 11.4 Å². The van der Waals surface area contributed by atoms with Gasteiger partial charge in [0.2, 0.25) is 11.7 Å². The van der Waals surface area contributed by atoms with Gasteiger partial charge >= 0.3 is 0 Å². The number of benzene rings is 1. The van der Waals surface area contributed by atoms with Crippen LogP contribution in [0.15, 0.2) is 24.3 Å². The zero-order valence-corrected chi connectivity index (χ0v) is 14.5. The van der Waals surface area contributed by atoms with Crippen LogP contribution in [0.4, 0.5) is 4.39 Å². The molecule has 0 bridgehead atoms. The predicted molar refractivity (Wildman–Crippen MR) is 87.7 cm³/mol. The van der Waals surface area contributed by atoms with Crippen LogP contribution >= 0.6 is 0 Å². The molecule has 25 heavy (non-hydrogen) atoms. The van der Waals surface area contributed by atoms with Crippen molar-refractivity contribution in [2.24, 2.45) is 0 Å². The molecule has 3 rings (SSSR count). The lowest BCUT2D eigenvalue weighted by atomic mass is 10.2. The van der Waals surface area contributed by atoms with Gasteiger partial charge in [-0.1, -0.05) is 0 Å². The van der Waals surface area contributed by atoms with Gasteiger partial charge in [0.1, 0.15) is 12.4 Å². The number of sulfone groups is 1. The van der Waals surface area contributed by atoms with Gasteiger partial charge in [0.15, 0.2) is 9.84 Å². The van der Waals surface area contributed by atoms with Crippen molar-refractivity contribution in [3.8, 4) is 11.4 Å². The average molecular weight is 367 g/mol. The minimum absolute atomic E-state index is 0.00179. The molecule has 2 heterocycles. The Bertz CT molecular complexity index is 866. The van der Waals surface area contributed by atoms with E-state index in [1.807, 2.05) is 6.92 Å². The summed E-state index contributed by atoms with van der Waals surface area (Å²) in [5, 5.41) is 11.8. The summed E-state index contributed by atoms with van der Waals surface area (Å²) in [6, 6.07) is 5.34. The number of carbonyl (C=O) groups is 1. The molecule has 1 aliphatic heterocycles. The Hall–Kier alpha value is -2.36. The molecule has 1 aliphatic rings. The largest absolute Gasteiger partial charge is 0.337 e. The summed E-state index contributed by atoms with van der Waals surface area (Å²) in [4.78, 5) is 15.2. The Kier molecular flexibility index (Phi) is 4.80. The average Bonchev–Trinajstić information content (AvgIpc) is 3.15. The molecular formula is C15H18FN5O3S. The first-order valence-corrected chi connectivity index (χ1v) is 9.74. The van der Waals surface area contributed by atoms with Gasteiger partial charge in [-0.25, -0.2) is 12.8 Å². The lowest BCUT2D eigenvalue weighted by molar-refractivity contribution is -0.133. The number of halogens is 1. The third-order valence-corrected chi connectivity index (χ3v) is 5.89. The van der Waals surface area contributed by atoms with E-state index in [1.54, 1.807) is 4.90 Å². The third kappa shape index (κ3) is 4.01. The molecule has 10 heteroatoms. The van der Waals surface area contributed by atoms with Gasteiger partial charge in [-0.2, -0.15) is 4.80 Å². The fourth-order valence-corrected chi connectivity index (χ4v) is 4.63. The second-order valence-electron chi connectivity index (χ2n) is 5.89.